The summed E-state index contributed by atoms with van der Waals surface area (Å²) in [5.41, 5.74) is 3.92. The molecule has 0 saturated heterocycles. The van der Waals surface area contributed by atoms with Gasteiger partial charge in [-0.2, -0.15) is 0 Å². The molecule has 0 spiro atoms. The third-order valence-corrected chi connectivity index (χ3v) is 6.55. The number of fused-ring (bicyclic) bond motifs is 2. The first-order chi connectivity index (χ1) is 18.3. The Kier molecular flexibility index (Phi) is 9.19. The summed E-state index contributed by atoms with van der Waals surface area (Å²) in [4.78, 5) is 4.73. The minimum atomic E-state index is -0.0150. The lowest BCUT2D eigenvalue weighted by molar-refractivity contribution is 0.357. The largest absolute Gasteiger partial charge is 0.298 e. The third-order valence-electron chi connectivity index (χ3n) is 6.55. The molecule has 0 aliphatic heterocycles. The van der Waals surface area contributed by atoms with Gasteiger partial charge in [0.1, 0.15) is 0 Å². The summed E-state index contributed by atoms with van der Waals surface area (Å²) in [6.45, 7) is 9.97. The van der Waals surface area contributed by atoms with E-state index >= 15 is 0 Å². The smallest absolute Gasteiger partial charge is 0.0240 e. The molecule has 0 heterocycles. The van der Waals surface area contributed by atoms with Crippen LogP contribution in [0.15, 0.2) is 109 Å². The van der Waals surface area contributed by atoms with Crippen LogP contribution in [-0.2, 0) is 13.1 Å². The molecule has 0 radical (unpaired) electrons. The van der Waals surface area contributed by atoms with E-state index in [9.17, 15) is 0 Å². The van der Waals surface area contributed by atoms with Crippen LogP contribution < -0.4 is 0 Å². The molecule has 0 amide bonds. The Hall–Kier alpha value is -3.64. The van der Waals surface area contributed by atoms with Gasteiger partial charge in [0.05, 0.1) is 0 Å². The molecule has 0 fully saturated rings. The number of likely N-dealkylation sites (N-methyl/N-ethyl adjacent to an activating group) is 2. The maximum atomic E-state index is 3.36. The van der Waals surface area contributed by atoms with Gasteiger partial charge in [0.15, 0.2) is 0 Å². The molecule has 2 nitrogen and oxygen atoms in total. The summed E-state index contributed by atoms with van der Waals surface area (Å²) in [7, 11) is 4.37. The lowest BCUT2D eigenvalue weighted by Crippen LogP contribution is -2.21. The molecule has 0 saturated carbocycles. The van der Waals surface area contributed by atoms with E-state index in [0.29, 0.717) is 0 Å². The predicted octanol–water partition coefficient (Wildman–Crippen LogP) is 8.09. The Balaban J connectivity index is 1.45. The van der Waals surface area contributed by atoms with Gasteiger partial charge in [-0.25, -0.2) is 0 Å². The molecule has 194 valence electrons. The maximum Gasteiger partial charge on any atom is 0.0240 e. The molecule has 2 heteroatoms. The molecule has 0 N–H and O–H groups in total. The van der Waals surface area contributed by atoms with Gasteiger partial charge >= 0.3 is 0 Å². The van der Waals surface area contributed by atoms with Gasteiger partial charge in [-0.1, -0.05) is 109 Å². The van der Waals surface area contributed by atoms with Crippen molar-refractivity contribution in [1.29, 1.82) is 0 Å². The zero-order valence-electron chi connectivity index (χ0n) is 23.5. The first kappa shape index (κ1) is 27.4. The highest BCUT2D eigenvalue weighted by Crippen LogP contribution is 2.21. The van der Waals surface area contributed by atoms with Crippen LogP contribution >= 0.6 is 0 Å². The van der Waals surface area contributed by atoms with E-state index in [4.69, 9.17) is 0 Å². The summed E-state index contributed by atoms with van der Waals surface area (Å²) in [6.07, 6.45) is 6.60. The SMILES string of the molecule is CN(C/C=C/C(=C\C#CC(C)(C)C)CN(C)Cc1cccc2ccccc12)Cc1cccc2ccccc12. The predicted molar refractivity (Wildman–Crippen MR) is 165 cm³/mol. The zero-order chi connectivity index (χ0) is 27.0. The molecule has 38 heavy (non-hydrogen) atoms. The molecule has 4 rings (SSSR count). The molecule has 4 aromatic carbocycles. The van der Waals surface area contributed by atoms with Crippen molar-refractivity contribution in [3.8, 4) is 11.8 Å². The normalized spacial score (nSPS) is 12.6. The maximum absolute atomic E-state index is 3.36. The van der Waals surface area contributed by atoms with Crippen molar-refractivity contribution in [2.75, 3.05) is 27.2 Å². The number of hydrogen-bond donors (Lipinski definition) is 0. The van der Waals surface area contributed by atoms with Gasteiger partial charge in [-0.05, 0) is 79.2 Å². The van der Waals surface area contributed by atoms with Crippen LogP contribution in [0.1, 0.15) is 31.9 Å². The molecular weight excluding hydrogens is 460 g/mol. The van der Waals surface area contributed by atoms with Gasteiger partial charge in [0, 0.05) is 31.6 Å². The summed E-state index contributed by atoms with van der Waals surface area (Å²) < 4.78 is 0. The van der Waals surface area contributed by atoms with E-state index in [1.807, 2.05) is 0 Å². The van der Waals surface area contributed by atoms with E-state index in [2.05, 4.69) is 160 Å². The number of benzene rings is 4. The number of allylic oxidation sites excluding steroid dienone is 1. The van der Waals surface area contributed by atoms with Crippen molar-refractivity contribution >= 4 is 21.5 Å². The van der Waals surface area contributed by atoms with E-state index < -0.39 is 0 Å². The van der Waals surface area contributed by atoms with Crippen LogP contribution in [-0.4, -0.2) is 37.0 Å². The highest BCUT2D eigenvalue weighted by molar-refractivity contribution is 5.86. The molecular formula is C36H40N2. The fourth-order valence-corrected chi connectivity index (χ4v) is 4.75. The van der Waals surface area contributed by atoms with Gasteiger partial charge in [-0.3, -0.25) is 9.80 Å². The first-order valence-corrected chi connectivity index (χ1v) is 13.5. The third kappa shape index (κ3) is 7.93. The van der Waals surface area contributed by atoms with Crippen LogP contribution in [0.2, 0.25) is 0 Å². The first-order valence-electron chi connectivity index (χ1n) is 13.5. The Morgan fingerprint density at radius 1 is 0.711 bits per heavy atom. The van der Waals surface area contributed by atoms with Crippen LogP contribution in [0.4, 0.5) is 0 Å². The lowest BCUT2D eigenvalue weighted by Gasteiger charge is -2.19. The summed E-state index contributed by atoms with van der Waals surface area (Å²) in [5, 5.41) is 5.24. The van der Waals surface area contributed by atoms with Crippen molar-refractivity contribution in [2.24, 2.45) is 5.41 Å². The quantitative estimate of drug-likeness (QED) is 0.169. The Morgan fingerprint density at radius 3 is 1.82 bits per heavy atom. The van der Waals surface area contributed by atoms with Crippen LogP contribution in [0.25, 0.3) is 21.5 Å². The van der Waals surface area contributed by atoms with Gasteiger partial charge < -0.3 is 0 Å². The van der Waals surface area contributed by atoms with Crippen molar-refractivity contribution < 1.29 is 0 Å². The highest BCUT2D eigenvalue weighted by atomic mass is 15.1. The van der Waals surface area contributed by atoms with Crippen molar-refractivity contribution in [3.05, 3.63) is 120 Å². The second kappa shape index (κ2) is 12.7. The Labute approximate surface area is 229 Å². The van der Waals surface area contributed by atoms with E-state index in [1.165, 1.54) is 38.2 Å². The Morgan fingerprint density at radius 2 is 1.24 bits per heavy atom. The van der Waals surface area contributed by atoms with Crippen molar-refractivity contribution in [2.45, 2.75) is 33.9 Å². The topological polar surface area (TPSA) is 6.48 Å². The Bertz CT molecular complexity index is 1480. The highest BCUT2D eigenvalue weighted by Gasteiger charge is 2.07. The minimum Gasteiger partial charge on any atom is -0.298 e. The second-order valence-electron chi connectivity index (χ2n) is 11.3. The van der Waals surface area contributed by atoms with Gasteiger partial charge in [0.25, 0.3) is 0 Å². The lowest BCUT2D eigenvalue weighted by atomic mass is 9.98. The van der Waals surface area contributed by atoms with Gasteiger partial charge in [-0.15, -0.1) is 0 Å². The zero-order valence-corrected chi connectivity index (χ0v) is 23.5. The molecule has 4 aromatic rings. The molecule has 0 bridgehead atoms. The minimum absolute atomic E-state index is 0.0150. The number of hydrogen-bond acceptors (Lipinski definition) is 2. The van der Waals surface area contributed by atoms with Crippen LogP contribution in [0, 0.1) is 17.3 Å². The van der Waals surface area contributed by atoms with Crippen LogP contribution in [0.5, 0.6) is 0 Å². The second-order valence-corrected chi connectivity index (χ2v) is 11.3. The van der Waals surface area contributed by atoms with Crippen LogP contribution in [0.3, 0.4) is 0 Å². The van der Waals surface area contributed by atoms with Crippen molar-refractivity contribution in [3.63, 3.8) is 0 Å². The number of nitrogens with zero attached hydrogens (tertiary/aromatic N) is 2. The van der Waals surface area contributed by atoms with E-state index in [1.54, 1.807) is 0 Å². The average molecular weight is 501 g/mol. The average Bonchev–Trinajstić information content (AvgIpc) is 2.88. The summed E-state index contributed by atoms with van der Waals surface area (Å²) in [6, 6.07) is 30.4. The fourth-order valence-electron chi connectivity index (χ4n) is 4.75. The molecule has 0 atom stereocenters. The summed E-state index contributed by atoms with van der Waals surface area (Å²) >= 11 is 0. The fraction of sp³-hybridized carbons (Fsp3) is 0.278. The monoisotopic (exact) mass is 500 g/mol. The van der Waals surface area contributed by atoms with E-state index in [0.717, 1.165) is 26.2 Å². The summed E-state index contributed by atoms with van der Waals surface area (Å²) in [5.74, 6) is 6.68. The van der Waals surface area contributed by atoms with E-state index in [-0.39, 0.29) is 5.41 Å². The number of rotatable bonds is 9. The van der Waals surface area contributed by atoms with Gasteiger partial charge in [0.2, 0.25) is 0 Å². The molecule has 0 aliphatic carbocycles. The molecule has 0 aromatic heterocycles. The molecule has 0 unspecified atom stereocenters. The van der Waals surface area contributed by atoms with Crippen molar-refractivity contribution in [1.82, 2.24) is 9.80 Å². The molecule has 0 aliphatic rings. The standard InChI is InChI=1S/C36H40N2/c1-36(2,3)24-12-14-29(26-38(5)28-33-21-11-19-31-17-7-9-23-35(31)33)15-13-25-37(4)27-32-20-10-18-30-16-6-8-22-34(30)32/h6-11,13-23H,25-28H2,1-5H3/b15-13+,29-14+.